The third-order valence-corrected chi connectivity index (χ3v) is 4.69. The molecule has 0 aliphatic carbocycles. The molecular weight excluding hydrogens is 284 g/mol. The van der Waals surface area contributed by atoms with Gasteiger partial charge in [0.1, 0.15) is 6.10 Å². The second-order valence-corrected chi connectivity index (χ2v) is 6.01. The Morgan fingerprint density at radius 3 is 2.56 bits per heavy atom. The normalized spacial score (nSPS) is 12.8. The standard InChI is InChI=1S/C13H13BrOS/c1-8-4-3-5-10(6-8)13(15)12-7-11(14)9(2)16-12/h3-7,13,15H,1-2H3. The van der Waals surface area contributed by atoms with Crippen LogP contribution >= 0.6 is 27.3 Å². The first-order valence-electron chi connectivity index (χ1n) is 5.08. The summed E-state index contributed by atoms with van der Waals surface area (Å²) in [6.45, 7) is 4.08. The highest BCUT2D eigenvalue weighted by Crippen LogP contribution is 2.33. The molecule has 0 saturated heterocycles. The van der Waals surface area contributed by atoms with Crippen molar-refractivity contribution in [3.63, 3.8) is 0 Å². The predicted octanol–water partition coefficient (Wildman–Crippen LogP) is 4.21. The summed E-state index contributed by atoms with van der Waals surface area (Å²) >= 11 is 5.10. The molecule has 2 rings (SSSR count). The summed E-state index contributed by atoms with van der Waals surface area (Å²) in [5.74, 6) is 0. The molecule has 0 saturated carbocycles. The SMILES string of the molecule is Cc1cccc(C(O)c2cc(Br)c(C)s2)c1. The van der Waals surface area contributed by atoms with Crippen molar-refractivity contribution in [1.29, 1.82) is 0 Å². The molecule has 1 atom stereocenters. The van der Waals surface area contributed by atoms with Crippen molar-refractivity contribution in [1.82, 2.24) is 0 Å². The van der Waals surface area contributed by atoms with Crippen molar-refractivity contribution < 1.29 is 5.11 Å². The van der Waals surface area contributed by atoms with E-state index < -0.39 is 6.10 Å². The van der Waals surface area contributed by atoms with E-state index in [1.54, 1.807) is 11.3 Å². The van der Waals surface area contributed by atoms with E-state index >= 15 is 0 Å². The lowest BCUT2D eigenvalue weighted by Gasteiger charge is -2.09. The van der Waals surface area contributed by atoms with E-state index in [1.165, 1.54) is 10.4 Å². The van der Waals surface area contributed by atoms with Crippen LogP contribution in [-0.4, -0.2) is 5.11 Å². The minimum atomic E-state index is -0.519. The van der Waals surface area contributed by atoms with Crippen molar-refractivity contribution >= 4 is 27.3 Å². The van der Waals surface area contributed by atoms with Gasteiger partial charge in [-0.3, -0.25) is 0 Å². The van der Waals surface area contributed by atoms with E-state index in [1.807, 2.05) is 44.2 Å². The summed E-state index contributed by atoms with van der Waals surface area (Å²) in [6.07, 6.45) is -0.519. The molecule has 84 valence electrons. The Kier molecular flexibility index (Phi) is 3.47. The molecule has 0 aliphatic heterocycles. The molecule has 1 nitrogen and oxygen atoms in total. The highest BCUT2D eigenvalue weighted by molar-refractivity contribution is 9.10. The summed E-state index contributed by atoms with van der Waals surface area (Å²) in [4.78, 5) is 2.18. The molecule has 0 aliphatic rings. The fourth-order valence-electron chi connectivity index (χ4n) is 1.62. The van der Waals surface area contributed by atoms with Crippen LogP contribution in [-0.2, 0) is 0 Å². The van der Waals surface area contributed by atoms with Gasteiger partial charge in [0.25, 0.3) is 0 Å². The third kappa shape index (κ3) is 2.37. The second-order valence-electron chi connectivity index (χ2n) is 3.87. The van der Waals surface area contributed by atoms with Gasteiger partial charge in [-0.1, -0.05) is 29.8 Å². The Morgan fingerprint density at radius 1 is 1.25 bits per heavy atom. The zero-order valence-corrected chi connectivity index (χ0v) is 11.6. The van der Waals surface area contributed by atoms with Crippen LogP contribution in [0.4, 0.5) is 0 Å². The number of halogens is 1. The number of benzene rings is 1. The fraction of sp³-hybridized carbons (Fsp3) is 0.231. The van der Waals surface area contributed by atoms with Gasteiger partial charge in [-0.15, -0.1) is 11.3 Å². The number of aryl methyl sites for hydroxylation is 2. The van der Waals surface area contributed by atoms with E-state index in [0.717, 1.165) is 14.9 Å². The summed E-state index contributed by atoms with van der Waals surface area (Å²) in [6, 6.07) is 9.98. The monoisotopic (exact) mass is 296 g/mol. The molecule has 1 aromatic carbocycles. The molecule has 16 heavy (non-hydrogen) atoms. The minimum absolute atomic E-state index is 0.519. The van der Waals surface area contributed by atoms with Crippen LogP contribution in [0.25, 0.3) is 0 Å². The minimum Gasteiger partial charge on any atom is -0.383 e. The number of hydrogen-bond acceptors (Lipinski definition) is 2. The van der Waals surface area contributed by atoms with Gasteiger partial charge in [0, 0.05) is 14.2 Å². The largest absolute Gasteiger partial charge is 0.383 e. The highest BCUT2D eigenvalue weighted by Gasteiger charge is 2.14. The fourth-order valence-corrected chi connectivity index (χ4v) is 3.20. The molecule has 2 aromatic rings. The molecule has 0 amide bonds. The van der Waals surface area contributed by atoms with Gasteiger partial charge in [-0.2, -0.15) is 0 Å². The van der Waals surface area contributed by atoms with E-state index in [2.05, 4.69) is 15.9 Å². The van der Waals surface area contributed by atoms with Crippen LogP contribution in [0, 0.1) is 13.8 Å². The second kappa shape index (κ2) is 4.70. The lowest BCUT2D eigenvalue weighted by Crippen LogP contribution is -1.96. The zero-order chi connectivity index (χ0) is 11.7. The van der Waals surface area contributed by atoms with Gasteiger partial charge in [0.2, 0.25) is 0 Å². The highest BCUT2D eigenvalue weighted by atomic mass is 79.9. The number of aliphatic hydroxyl groups is 1. The lowest BCUT2D eigenvalue weighted by molar-refractivity contribution is 0.224. The van der Waals surface area contributed by atoms with Crippen molar-refractivity contribution in [2.75, 3.05) is 0 Å². The summed E-state index contributed by atoms with van der Waals surface area (Å²) < 4.78 is 1.07. The maximum absolute atomic E-state index is 10.2. The first-order chi connectivity index (χ1) is 7.58. The van der Waals surface area contributed by atoms with E-state index in [9.17, 15) is 5.11 Å². The molecule has 0 bridgehead atoms. The maximum Gasteiger partial charge on any atom is 0.113 e. The summed E-state index contributed by atoms with van der Waals surface area (Å²) in [5.41, 5.74) is 2.12. The molecule has 1 heterocycles. The summed E-state index contributed by atoms with van der Waals surface area (Å²) in [5, 5.41) is 10.2. The molecule has 0 radical (unpaired) electrons. The number of aliphatic hydroxyl groups excluding tert-OH is 1. The van der Waals surface area contributed by atoms with Crippen molar-refractivity contribution in [3.8, 4) is 0 Å². The molecule has 0 spiro atoms. The predicted molar refractivity (Wildman–Crippen MR) is 72.0 cm³/mol. The zero-order valence-electron chi connectivity index (χ0n) is 9.20. The Morgan fingerprint density at radius 2 is 2.00 bits per heavy atom. The average Bonchev–Trinajstić information content (AvgIpc) is 2.58. The van der Waals surface area contributed by atoms with Crippen LogP contribution in [0.2, 0.25) is 0 Å². The Labute approximate surface area is 108 Å². The summed E-state index contributed by atoms with van der Waals surface area (Å²) in [7, 11) is 0. The first kappa shape index (κ1) is 11.8. The molecular formula is C13H13BrOS. The topological polar surface area (TPSA) is 20.2 Å². The van der Waals surface area contributed by atoms with Crippen LogP contribution in [0.15, 0.2) is 34.8 Å². The Bertz CT molecular complexity index is 485. The first-order valence-corrected chi connectivity index (χ1v) is 6.69. The van der Waals surface area contributed by atoms with Crippen LogP contribution in [0.3, 0.4) is 0 Å². The van der Waals surface area contributed by atoms with Gasteiger partial charge in [0.15, 0.2) is 0 Å². The quantitative estimate of drug-likeness (QED) is 0.880. The number of hydrogen-bond donors (Lipinski definition) is 1. The van der Waals surface area contributed by atoms with Crippen LogP contribution in [0.1, 0.15) is 27.0 Å². The molecule has 1 aromatic heterocycles. The van der Waals surface area contributed by atoms with Gasteiger partial charge in [-0.05, 0) is 41.4 Å². The Hall–Kier alpha value is -0.640. The average molecular weight is 297 g/mol. The van der Waals surface area contributed by atoms with Crippen molar-refractivity contribution in [3.05, 3.63) is 55.7 Å². The van der Waals surface area contributed by atoms with Crippen molar-refractivity contribution in [2.24, 2.45) is 0 Å². The number of thiophene rings is 1. The van der Waals surface area contributed by atoms with Gasteiger partial charge >= 0.3 is 0 Å². The Balaban J connectivity index is 2.35. The maximum atomic E-state index is 10.2. The lowest BCUT2D eigenvalue weighted by atomic mass is 10.1. The molecule has 1 unspecified atom stereocenters. The number of rotatable bonds is 2. The van der Waals surface area contributed by atoms with E-state index in [0.29, 0.717) is 0 Å². The molecule has 0 fully saturated rings. The van der Waals surface area contributed by atoms with Crippen LogP contribution < -0.4 is 0 Å². The van der Waals surface area contributed by atoms with E-state index in [-0.39, 0.29) is 0 Å². The van der Waals surface area contributed by atoms with Gasteiger partial charge in [0.05, 0.1) is 0 Å². The van der Waals surface area contributed by atoms with Crippen molar-refractivity contribution in [2.45, 2.75) is 20.0 Å². The van der Waals surface area contributed by atoms with Gasteiger partial charge < -0.3 is 5.11 Å². The molecule has 1 N–H and O–H groups in total. The van der Waals surface area contributed by atoms with Gasteiger partial charge in [-0.25, -0.2) is 0 Å². The van der Waals surface area contributed by atoms with E-state index in [4.69, 9.17) is 0 Å². The molecule has 3 heteroatoms. The third-order valence-electron chi connectivity index (χ3n) is 2.50. The smallest absolute Gasteiger partial charge is 0.113 e. The van der Waals surface area contributed by atoms with Crippen LogP contribution in [0.5, 0.6) is 0 Å².